The van der Waals surface area contributed by atoms with Gasteiger partial charge in [0.25, 0.3) is 0 Å². The highest BCUT2D eigenvalue weighted by Crippen LogP contribution is 2.32. The van der Waals surface area contributed by atoms with Gasteiger partial charge in [-0.05, 0) is 31.6 Å². The van der Waals surface area contributed by atoms with Crippen LogP contribution in [0.5, 0.6) is 0 Å². The largest absolute Gasteiger partial charge is 0.219 e. The Bertz CT molecular complexity index is 469. The predicted octanol–water partition coefficient (Wildman–Crippen LogP) is 3.38. The van der Waals surface area contributed by atoms with Crippen LogP contribution in [0.2, 0.25) is 0 Å². The van der Waals surface area contributed by atoms with E-state index in [-0.39, 0.29) is 0 Å². The van der Waals surface area contributed by atoms with Gasteiger partial charge in [0.15, 0.2) is 0 Å². The van der Waals surface area contributed by atoms with E-state index in [2.05, 4.69) is 0 Å². The smallest absolute Gasteiger partial charge is 0.204 e. The summed E-state index contributed by atoms with van der Waals surface area (Å²) in [7, 11) is -3.32. The van der Waals surface area contributed by atoms with Crippen molar-refractivity contribution in [2.45, 2.75) is 11.8 Å². The van der Waals surface area contributed by atoms with Gasteiger partial charge in [-0.3, -0.25) is 0 Å². The quantitative estimate of drug-likeness (QED) is 0.843. The molecule has 0 saturated carbocycles. The van der Waals surface area contributed by atoms with Gasteiger partial charge in [-0.2, -0.15) is 0 Å². The van der Waals surface area contributed by atoms with Crippen LogP contribution in [0.3, 0.4) is 0 Å². The Morgan fingerprint density at radius 2 is 1.56 bits per heavy atom. The van der Waals surface area contributed by atoms with Gasteiger partial charge < -0.3 is 0 Å². The van der Waals surface area contributed by atoms with Gasteiger partial charge in [0.05, 0.1) is 14.0 Å². The molecular weight excluding hydrogens is 260 g/mol. The minimum atomic E-state index is -3.32. The highest BCUT2D eigenvalue weighted by atomic mass is 32.2. The second kappa shape index (κ2) is 5.80. The Morgan fingerprint density at radius 1 is 1.06 bits per heavy atom. The van der Waals surface area contributed by atoms with Crippen molar-refractivity contribution in [2.75, 3.05) is 12.5 Å². The van der Waals surface area contributed by atoms with E-state index < -0.39 is 9.84 Å². The molecule has 0 aliphatic rings. The molecule has 5 heteroatoms. The van der Waals surface area contributed by atoms with E-state index in [1.54, 1.807) is 31.2 Å². The second-order valence-corrected chi connectivity index (χ2v) is 7.05. The van der Waals surface area contributed by atoms with E-state index in [0.29, 0.717) is 9.80 Å². The molecule has 0 fully saturated rings. The van der Waals surface area contributed by atoms with Crippen LogP contribution in [-0.2, 0) is 9.84 Å². The molecule has 0 aliphatic carbocycles. The molecule has 88 valence electrons. The van der Waals surface area contributed by atoms with Crippen LogP contribution in [0.4, 0.5) is 0 Å². The van der Waals surface area contributed by atoms with E-state index >= 15 is 0 Å². The zero-order valence-corrected chi connectivity index (χ0v) is 11.9. The van der Waals surface area contributed by atoms with E-state index in [9.17, 15) is 8.42 Å². The highest BCUT2D eigenvalue weighted by molar-refractivity contribution is 8.22. The maximum absolute atomic E-state index is 12.2. The lowest BCUT2D eigenvalue weighted by atomic mass is 10.4. The van der Waals surface area contributed by atoms with Gasteiger partial charge in [-0.25, -0.2) is 8.42 Å². The molecular formula is C11H14O2S3. The third-order valence-electron chi connectivity index (χ3n) is 2.11. The van der Waals surface area contributed by atoms with Crippen LogP contribution < -0.4 is 0 Å². The summed E-state index contributed by atoms with van der Waals surface area (Å²) in [6, 6.07) is 8.52. The number of allylic oxidation sites excluding steroid dienone is 1. The molecule has 1 rings (SSSR count). The number of thioether (sulfide) groups is 2. The van der Waals surface area contributed by atoms with Crippen molar-refractivity contribution in [3.8, 4) is 0 Å². The van der Waals surface area contributed by atoms with Crippen molar-refractivity contribution in [3.63, 3.8) is 0 Å². The maximum Gasteiger partial charge on any atom is 0.204 e. The fourth-order valence-electron chi connectivity index (χ4n) is 1.26. The summed E-state index contributed by atoms with van der Waals surface area (Å²) in [6.07, 6.45) is 3.77. The van der Waals surface area contributed by atoms with Gasteiger partial charge in [0, 0.05) is 0 Å². The summed E-state index contributed by atoms with van der Waals surface area (Å²) in [5, 5.41) is 0. The van der Waals surface area contributed by atoms with Gasteiger partial charge in [-0.15, -0.1) is 23.5 Å². The average molecular weight is 274 g/mol. The second-order valence-electron chi connectivity index (χ2n) is 3.07. The normalized spacial score (nSPS) is 11.2. The van der Waals surface area contributed by atoms with Crippen molar-refractivity contribution in [3.05, 3.63) is 39.5 Å². The molecule has 0 N–H and O–H groups in total. The minimum absolute atomic E-state index is 0.355. The molecule has 0 heterocycles. The third-order valence-corrected chi connectivity index (χ3v) is 6.63. The van der Waals surface area contributed by atoms with E-state index in [1.165, 1.54) is 23.5 Å². The summed E-state index contributed by atoms with van der Waals surface area (Å²) < 4.78 is 25.3. The van der Waals surface area contributed by atoms with Crippen molar-refractivity contribution >= 4 is 33.4 Å². The Morgan fingerprint density at radius 3 is 2.00 bits per heavy atom. The molecule has 0 atom stereocenters. The number of hydrogen-bond donors (Lipinski definition) is 0. The maximum atomic E-state index is 12.2. The number of sulfone groups is 1. The lowest BCUT2D eigenvalue weighted by molar-refractivity contribution is 0.602. The minimum Gasteiger partial charge on any atom is -0.219 e. The first-order valence-electron chi connectivity index (χ1n) is 4.63. The molecule has 16 heavy (non-hydrogen) atoms. The highest BCUT2D eigenvalue weighted by Gasteiger charge is 2.19. The first-order chi connectivity index (χ1) is 7.54. The molecule has 0 bridgehead atoms. The molecule has 1 aromatic rings. The van der Waals surface area contributed by atoms with Gasteiger partial charge in [-0.1, -0.05) is 18.2 Å². The summed E-state index contributed by atoms with van der Waals surface area (Å²) in [6.45, 7) is 1.66. The van der Waals surface area contributed by atoms with Crippen LogP contribution in [0.15, 0.2) is 44.4 Å². The van der Waals surface area contributed by atoms with Crippen LogP contribution in [0, 0.1) is 0 Å². The predicted molar refractivity (Wildman–Crippen MR) is 73.4 cm³/mol. The summed E-state index contributed by atoms with van der Waals surface area (Å²) in [5.74, 6) is 0. The molecule has 1 aromatic carbocycles. The summed E-state index contributed by atoms with van der Waals surface area (Å²) in [5.41, 5.74) is 0. The van der Waals surface area contributed by atoms with Crippen LogP contribution in [0.1, 0.15) is 6.92 Å². The van der Waals surface area contributed by atoms with Crippen molar-refractivity contribution < 1.29 is 8.42 Å². The third kappa shape index (κ3) is 2.84. The molecule has 2 nitrogen and oxygen atoms in total. The Labute approximate surface area is 105 Å². The number of rotatable bonds is 4. The fraction of sp³-hybridized carbons (Fsp3) is 0.273. The van der Waals surface area contributed by atoms with Crippen molar-refractivity contribution in [1.82, 2.24) is 0 Å². The molecule has 0 radical (unpaired) electrons. The molecule has 0 saturated heterocycles. The number of benzene rings is 1. The first-order valence-corrected chi connectivity index (χ1v) is 8.56. The lowest BCUT2D eigenvalue weighted by Crippen LogP contribution is -2.03. The summed E-state index contributed by atoms with van der Waals surface area (Å²) in [4.78, 5) is 0.784. The van der Waals surface area contributed by atoms with Gasteiger partial charge in [0.2, 0.25) is 9.84 Å². The SMILES string of the molecule is CSC(SC)=C(C)S(=O)(=O)c1ccccc1. The molecule has 0 unspecified atom stereocenters. The van der Waals surface area contributed by atoms with Crippen molar-refractivity contribution in [2.24, 2.45) is 0 Å². The van der Waals surface area contributed by atoms with Gasteiger partial charge in [0.1, 0.15) is 0 Å². The molecule has 0 amide bonds. The lowest BCUT2D eigenvalue weighted by Gasteiger charge is -2.08. The number of hydrogen-bond acceptors (Lipinski definition) is 4. The Kier molecular flexibility index (Phi) is 4.95. The zero-order valence-electron chi connectivity index (χ0n) is 9.43. The molecule has 0 spiro atoms. The fourth-order valence-corrected chi connectivity index (χ4v) is 4.75. The monoisotopic (exact) mass is 274 g/mol. The van der Waals surface area contributed by atoms with E-state index in [1.807, 2.05) is 18.6 Å². The summed E-state index contributed by atoms with van der Waals surface area (Å²) >= 11 is 2.93. The zero-order chi connectivity index (χ0) is 12.2. The van der Waals surface area contributed by atoms with Crippen LogP contribution >= 0.6 is 23.5 Å². The molecule has 0 aromatic heterocycles. The van der Waals surface area contributed by atoms with E-state index in [0.717, 1.165) is 4.24 Å². The topological polar surface area (TPSA) is 34.1 Å². The van der Waals surface area contributed by atoms with Crippen LogP contribution in [0.25, 0.3) is 0 Å². The van der Waals surface area contributed by atoms with Gasteiger partial charge >= 0.3 is 0 Å². The Hall–Kier alpha value is -0.390. The van der Waals surface area contributed by atoms with Crippen LogP contribution in [-0.4, -0.2) is 20.9 Å². The van der Waals surface area contributed by atoms with Crippen molar-refractivity contribution in [1.29, 1.82) is 0 Å². The standard InChI is InChI=1S/C11H14O2S3/c1-9(11(14-2)15-3)16(12,13)10-7-5-4-6-8-10/h4-8H,1-3H3. The van der Waals surface area contributed by atoms with E-state index in [4.69, 9.17) is 0 Å². The average Bonchev–Trinajstić information content (AvgIpc) is 2.31. The Balaban J connectivity index is 3.28. The molecule has 0 aliphatic heterocycles. The first kappa shape index (κ1) is 13.7.